The number of rotatable bonds is 30. The molecule has 0 aliphatic carbocycles. The summed E-state index contributed by atoms with van der Waals surface area (Å²) in [6, 6.07) is 29.8. The second kappa shape index (κ2) is 26.9. The van der Waals surface area contributed by atoms with Gasteiger partial charge in [-0.15, -0.1) is 0 Å². The minimum atomic E-state index is -0.379. The Balaban J connectivity index is 1.17. The highest BCUT2D eigenvalue weighted by Gasteiger charge is 2.13. The fourth-order valence-corrected chi connectivity index (χ4v) is 7.06. The van der Waals surface area contributed by atoms with Crippen LogP contribution in [0.25, 0.3) is 10.2 Å². The second-order valence-corrected chi connectivity index (χ2v) is 15.5. The predicted molar refractivity (Wildman–Crippen MR) is 248 cm³/mol. The molecule has 0 bridgehead atoms. The summed E-state index contributed by atoms with van der Waals surface area (Å²) < 4.78 is 35.8. The standard InChI is InChI=1S/C50H59N3O8S/c1-4-7-30-53(50-52-45-18-12-13-19-47(45)62-50)51-36-41-35-44(60-37-39-20-24-42(25-21-39)56-31-14-8-10-16-33-58-48(54)5-2)28-29-46(41)61-38-40-22-26-43(27-23-40)57-32-15-9-11-17-34-59-49(55)6-3/h5-6,12-13,18-29,35-36H,2-4,7-11,14-17,30-34,37-38H2,1H3/b51-36+. The van der Waals surface area contributed by atoms with Crippen molar-refractivity contribution in [3.05, 3.63) is 133 Å². The van der Waals surface area contributed by atoms with Gasteiger partial charge in [-0.1, -0.05) is 74.2 Å². The zero-order chi connectivity index (χ0) is 43.6. The zero-order valence-electron chi connectivity index (χ0n) is 35.8. The average Bonchev–Trinajstić information content (AvgIpc) is 3.74. The number of aromatic nitrogens is 1. The molecule has 0 aliphatic heterocycles. The molecule has 0 N–H and O–H groups in total. The Morgan fingerprint density at radius 3 is 1.76 bits per heavy atom. The first kappa shape index (κ1) is 46.9. The summed E-state index contributed by atoms with van der Waals surface area (Å²) in [6.07, 6.45) is 13.6. The van der Waals surface area contributed by atoms with Crippen LogP contribution in [-0.2, 0) is 32.3 Å². The number of hydrazone groups is 1. The van der Waals surface area contributed by atoms with E-state index in [1.54, 1.807) is 11.3 Å². The second-order valence-electron chi connectivity index (χ2n) is 14.5. The average molecular weight is 862 g/mol. The van der Waals surface area contributed by atoms with E-state index in [1.165, 1.54) is 12.2 Å². The first-order chi connectivity index (χ1) is 30.4. The van der Waals surface area contributed by atoms with Gasteiger partial charge in [-0.25, -0.2) is 19.6 Å². The molecular weight excluding hydrogens is 803 g/mol. The van der Waals surface area contributed by atoms with Gasteiger partial charge in [0.15, 0.2) is 0 Å². The van der Waals surface area contributed by atoms with Crippen molar-refractivity contribution in [1.82, 2.24) is 4.98 Å². The van der Waals surface area contributed by atoms with E-state index in [2.05, 4.69) is 26.1 Å². The van der Waals surface area contributed by atoms with Crippen LogP contribution in [-0.4, -0.2) is 56.1 Å². The largest absolute Gasteiger partial charge is 0.494 e. The summed E-state index contributed by atoms with van der Waals surface area (Å²) in [6.45, 7) is 12.5. The number of anilines is 1. The molecule has 328 valence electrons. The molecule has 12 heteroatoms. The molecule has 0 spiro atoms. The van der Waals surface area contributed by atoms with Gasteiger partial charge in [-0.05, 0) is 124 Å². The van der Waals surface area contributed by atoms with E-state index in [4.69, 9.17) is 38.5 Å². The van der Waals surface area contributed by atoms with Crippen LogP contribution >= 0.6 is 11.3 Å². The zero-order valence-corrected chi connectivity index (χ0v) is 36.7. The number of thiazole rings is 1. The Labute approximate surface area is 370 Å². The number of hydrogen-bond acceptors (Lipinski definition) is 12. The van der Waals surface area contributed by atoms with Gasteiger partial charge in [-0.2, -0.15) is 5.10 Å². The maximum Gasteiger partial charge on any atom is 0.330 e. The molecule has 4 aromatic carbocycles. The number of esters is 2. The van der Waals surface area contributed by atoms with Crippen LogP contribution < -0.4 is 24.0 Å². The molecule has 0 amide bonds. The first-order valence-electron chi connectivity index (χ1n) is 21.5. The third-order valence-electron chi connectivity index (χ3n) is 9.63. The maximum absolute atomic E-state index is 11.2. The van der Waals surface area contributed by atoms with Crippen molar-refractivity contribution in [2.45, 2.75) is 84.3 Å². The van der Waals surface area contributed by atoms with Gasteiger partial charge in [0.2, 0.25) is 5.13 Å². The molecule has 0 saturated carbocycles. The summed E-state index contributed by atoms with van der Waals surface area (Å²) in [5, 5.41) is 7.78. The minimum Gasteiger partial charge on any atom is -0.494 e. The summed E-state index contributed by atoms with van der Waals surface area (Å²) >= 11 is 1.63. The van der Waals surface area contributed by atoms with Gasteiger partial charge in [0.1, 0.15) is 36.2 Å². The lowest BCUT2D eigenvalue weighted by atomic mass is 10.2. The highest BCUT2D eigenvalue weighted by atomic mass is 32.1. The fourth-order valence-electron chi connectivity index (χ4n) is 6.11. The molecule has 1 heterocycles. The highest BCUT2D eigenvalue weighted by Crippen LogP contribution is 2.30. The Morgan fingerprint density at radius 1 is 0.645 bits per heavy atom. The molecule has 0 fully saturated rings. The first-order valence-corrected chi connectivity index (χ1v) is 22.3. The smallest absolute Gasteiger partial charge is 0.330 e. The van der Waals surface area contributed by atoms with Crippen LogP contribution in [0.15, 0.2) is 121 Å². The van der Waals surface area contributed by atoms with Crippen molar-refractivity contribution in [3.63, 3.8) is 0 Å². The SMILES string of the molecule is C=CC(=O)OCCCCCCOc1ccc(COc2ccc(OCc3ccc(OCCCCCCOC(=O)C=C)cc3)c(/C=N/N(CCCC)c3nc4ccccc4s3)c2)cc1. The van der Waals surface area contributed by atoms with Crippen molar-refractivity contribution in [1.29, 1.82) is 0 Å². The normalized spacial score (nSPS) is 11.0. The van der Waals surface area contributed by atoms with Gasteiger partial charge >= 0.3 is 11.9 Å². The molecule has 0 aliphatic rings. The van der Waals surface area contributed by atoms with Gasteiger partial charge in [0, 0.05) is 24.3 Å². The number of fused-ring (bicyclic) bond motifs is 1. The van der Waals surface area contributed by atoms with Crippen LogP contribution in [0.5, 0.6) is 23.0 Å². The number of carbonyl (C=O) groups excluding carboxylic acids is 2. The molecule has 0 atom stereocenters. The number of ether oxygens (including phenoxy) is 6. The lowest BCUT2D eigenvalue weighted by Crippen LogP contribution is -2.17. The maximum atomic E-state index is 11.2. The number of unbranched alkanes of at least 4 members (excludes halogenated alkanes) is 7. The summed E-state index contributed by atoms with van der Waals surface area (Å²) in [5.41, 5.74) is 3.76. The molecule has 0 radical (unpaired) electrons. The van der Waals surface area contributed by atoms with Gasteiger partial charge < -0.3 is 28.4 Å². The van der Waals surface area contributed by atoms with E-state index in [0.29, 0.717) is 51.1 Å². The van der Waals surface area contributed by atoms with E-state index in [9.17, 15) is 9.59 Å². The lowest BCUT2D eigenvalue weighted by Gasteiger charge is -2.16. The number of para-hydroxylation sites is 1. The van der Waals surface area contributed by atoms with Gasteiger partial charge in [0.05, 0.1) is 42.9 Å². The minimum absolute atomic E-state index is 0.358. The molecule has 0 unspecified atom stereocenters. The van der Waals surface area contributed by atoms with Crippen LogP contribution in [0.1, 0.15) is 87.8 Å². The fraction of sp³-hybridized carbons (Fsp3) is 0.360. The number of carbonyl (C=O) groups is 2. The van der Waals surface area contributed by atoms with Gasteiger partial charge in [0.25, 0.3) is 0 Å². The Hall–Kier alpha value is -6.14. The highest BCUT2D eigenvalue weighted by molar-refractivity contribution is 7.22. The quantitative estimate of drug-likeness (QED) is 0.0145. The van der Waals surface area contributed by atoms with Crippen LogP contribution in [0.4, 0.5) is 5.13 Å². The van der Waals surface area contributed by atoms with Crippen LogP contribution in [0, 0.1) is 0 Å². The van der Waals surface area contributed by atoms with Crippen LogP contribution in [0.2, 0.25) is 0 Å². The van der Waals surface area contributed by atoms with Gasteiger partial charge in [-0.3, -0.25) is 0 Å². The molecule has 5 aromatic rings. The summed E-state index contributed by atoms with van der Waals surface area (Å²) in [7, 11) is 0. The summed E-state index contributed by atoms with van der Waals surface area (Å²) in [4.78, 5) is 27.2. The van der Waals surface area contributed by atoms with E-state index in [0.717, 1.165) is 114 Å². The molecule has 0 saturated heterocycles. The summed E-state index contributed by atoms with van der Waals surface area (Å²) in [5.74, 6) is 2.23. The third-order valence-corrected chi connectivity index (χ3v) is 10.7. The van der Waals surface area contributed by atoms with Crippen molar-refractivity contribution in [3.8, 4) is 23.0 Å². The van der Waals surface area contributed by atoms with E-state index in [1.807, 2.05) is 96.2 Å². The Morgan fingerprint density at radius 2 is 1.19 bits per heavy atom. The molecule has 5 rings (SSSR count). The third kappa shape index (κ3) is 16.7. The number of nitrogens with zero attached hydrogens (tertiary/aromatic N) is 3. The van der Waals surface area contributed by atoms with Crippen LogP contribution in [0.3, 0.4) is 0 Å². The molecule has 62 heavy (non-hydrogen) atoms. The number of hydrogen-bond donors (Lipinski definition) is 0. The monoisotopic (exact) mass is 861 g/mol. The molecular formula is C50H59N3O8S. The van der Waals surface area contributed by atoms with E-state index >= 15 is 0 Å². The van der Waals surface area contributed by atoms with E-state index < -0.39 is 0 Å². The van der Waals surface area contributed by atoms with Crippen molar-refractivity contribution in [2.75, 3.05) is 38.0 Å². The topological polar surface area (TPSA) is 118 Å². The molecule has 1 aromatic heterocycles. The predicted octanol–water partition coefficient (Wildman–Crippen LogP) is 11.4. The number of benzene rings is 4. The lowest BCUT2D eigenvalue weighted by molar-refractivity contribution is -0.138. The molecule has 11 nitrogen and oxygen atoms in total. The van der Waals surface area contributed by atoms with Crippen molar-refractivity contribution in [2.24, 2.45) is 5.10 Å². The Kier molecular flexibility index (Phi) is 20.4. The Bertz CT molecular complexity index is 2120. The van der Waals surface area contributed by atoms with Crippen molar-refractivity contribution < 1.29 is 38.0 Å². The van der Waals surface area contributed by atoms with E-state index in [-0.39, 0.29) is 11.9 Å². The van der Waals surface area contributed by atoms with Crippen molar-refractivity contribution >= 4 is 44.8 Å².